The van der Waals surface area contributed by atoms with Crippen LogP contribution in [0.25, 0.3) is 0 Å². The Labute approximate surface area is 116 Å². The molecular weight excluding hydrogens is 236 g/mol. The second kappa shape index (κ2) is 6.92. The van der Waals surface area contributed by atoms with E-state index in [1.54, 1.807) is 7.11 Å². The van der Waals surface area contributed by atoms with Crippen molar-refractivity contribution in [1.29, 1.82) is 0 Å². The van der Waals surface area contributed by atoms with Crippen LogP contribution in [0, 0.1) is 5.92 Å². The van der Waals surface area contributed by atoms with Gasteiger partial charge in [0.25, 0.3) is 0 Å². The highest BCUT2D eigenvalue weighted by Crippen LogP contribution is 2.26. The van der Waals surface area contributed by atoms with Crippen molar-refractivity contribution in [2.24, 2.45) is 11.7 Å². The molecule has 0 saturated heterocycles. The third kappa shape index (κ3) is 3.95. The lowest BCUT2D eigenvalue weighted by atomic mass is 10.1. The van der Waals surface area contributed by atoms with Gasteiger partial charge >= 0.3 is 0 Å². The van der Waals surface area contributed by atoms with Crippen molar-refractivity contribution in [3.63, 3.8) is 0 Å². The van der Waals surface area contributed by atoms with Gasteiger partial charge < -0.3 is 15.4 Å². The van der Waals surface area contributed by atoms with Gasteiger partial charge in [-0.3, -0.25) is 0 Å². The maximum atomic E-state index is 5.70. The van der Waals surface area contributed by atoms with E-state index in [9.17, 15) is 0 Å². The molecule has 0 atom stereocenters. The van der Waals surface area contributed by atoms with Crippen LogP contribution in [0.5, 0.6) is 5.75 Å². The summed E-state index contributed by atoms with van der Waals surface area (Å²) < 4.78 is 5.39. The molecule has 0 unspecified atom stereocenters. The Kier molecular flexibility index (Phi) is 5.23. The summed E-state index contributed by atoms with van der Waals surface area (Å²) in [5.41, 5.74) is 8.07. The summed E-state index contributed by atoms with van der Waals surface area (Å²) in [6, 6.07) is 6.36. The minimum absolute atomic E-state index is 0.529. The number of nitrogens with two attached hydrogens (primary N) is 1. The summed E-state index contributed by atoms with van der Waals surface area (Å²) in [4.78, 5) is 2.42. The Bertz CT molecular complexity index is 400. The summed E-state index contributed by atoms with van der Waals surface area (Å²) in [7, 11) is 3.92. The average Bonchev–Trinajstić information content (AvgIpc) is 2.91. The maximum Gasteiger partial charge on any atom is 0.123 e. The molecule has 3 heteroatoms. The lowest BCUT2D eigenvalue weighted by Crippen LogP contribution is -2.24. The van der Waals surface area contributed by atoms with Crippen molar-refractivity contribution in [2.45, 2.75) is 38.8 Å². The number of nitrogens with zero attached hydrogens (tertiary/aromatic N) is 1. The Hall–Kier alpha value is -1.06. The monoisotopic (exact) mass is 262 g/mol. The zero-order chi connectivity index (χ0) is 13.7. The average molecular weight is 262 g/mol. The lowest BCUT2D eigenvalue weighted by molar-refractivity contribution is 0.271. The summed E-state index contributed by atoms with van der Waals surface area (Å²) in [6.07, 6.45) is 5.63. The standard InChI is InChI=1S/C16H26N2O/c1-18(11-13-5-3-4-6-13)12-14-7-8-15(10-17)16(9-14)19-2/h7-9,13H,3-6,10-12,17H2,1-2H3. The van der Waals surface area contributed by atoms with Crippen molar-refractivity contribution in [2.75, 3.05) is 20.7 Å². The largest absolute Gasteiger partial charge is 0.496 e. The van der Waals surface area contributed by atoms with Crippen LogP contribution in [0.4, 0.5) is 0 Å². The normalized spacial score (nSPS) is 16.2. The van der Waals surface area contributed by atoms with E-state index >= 15 is 0 Å². The Morgan fingerprint density at radius 1 is 1.32 bits per heavy atom. The molecule has 1 aliphatic rings. The number of benzene rings is 1. The molecule has 0 heterocycles. The van der Waals surface area contributed by atoms with Crippen LogP contribution in [0.15, 0.2) is 18.2 Å². The number of hydrogen-bond acceptors (Lipinski definition) is 3. The third-order valence-corrected chi connectivity index (χ3v) is 4.07. The molecular formula is C16H26N2O. The smallest absolute Gasteiger partial charge is 0.123 e. The van der Waals surface area contributed by atoms with E-state index in [2.05, 4.69) is 30.1 Å². The highest BCUT2D eigenvalue weighted by molar-refractivity contribution is 5.37. The van der Waals surface area contributed by atoms with E-state index in [4.69, 9.17) is 10.5 Å². The van der Waals surface area contributed by atoms with Gasteiger partial charge in [-0.15, -0.1) is 0 Å². The van der Waals surface area contributed by atoms with Crippen molar-refractivity contribution < 1.29 is 4.74 Å². The van der Waals surface area contributed by atoms with Crippen molar-refractivity contribution in [3.8, 4) is 5.75 Å². The van der Waals surface area contributed by atoms with E-state index in [0.717, 1.165) is 23.8 Å². The van der Waals surface area contributed by atoms with Crippen LogP contribution in [0.2, 0.25) is 0 Å². The molecule has 0 aliphatic heterocycles. The first kappa shape index (κ1) is 14.4. The first-order chi connectivity index (χ1) is 9.22. The third-order valence-electron chi connectivity index (χ3n) is 4.07. The maximum absolute atomic E-state index is 5.70. The van der Waals surface area contributed by atoms with Crippen LogP contribution in [0.3, 0.4) is 0 Å². The number of hydrogen-bond donors (Lipinski definition) is 1. The van der Waals surface area contributed by atoms with Crippen LogP contribution in [0.1, 0.15) is 36.8 Å². The second-order valence-electron chi connectivity index (χ2n) is 5.70. The number of ether oxygens (including phenoxy) is 1. The van der Waals surface area contributed by atoms with Crippen LogP contribution in [-0.4, -0.2) is 25.6 Å². The fourth-order valence-electron chi connectivity index (χ4n) is 3.07. The summed E-state index contributed by atoms with van der Waals surface area (Å²) in [6.45, 7) is 2.72. The highest BCUT2D eigenvalue weighted by Gasteiger charge is 2.17. The minimum Gasteiger partial charge on any atom is -0.496 e. The van der Waals surface area contributed by atoms with Crippen LogP contribution >= 0.6 is 0 Å². The first-order valence-corrected chi connectivity index (χ1v) is 7.27. The second-order valence-corrected chi connectivity index (χ2v) is 5.70. The summed E-state index contributed by atoms with van der Waals surface area (Å²) >= 11 is 0. The molecule has 0 radical (unpaired) electrons. The topological polar surface area (TPSA) is 38.5 Å². The number of methoxy groups -OCH3 is 1. The quantitative estimate of drug-likeness (QED) is 0.856. The van der Waals surface area contributed by atoms with Crippen molar-refractivity contribution >= 4 is 0 Å². The molecule has 1 fully saturated rings. The lowest BCUT2D eigenvalue weighted by Gasteiger charge is -2.21. The molecule has 106 valence electrons. The fraction of sp³-hybridized carbons (Fsp3) is 0.625. The Balaban J connectivity index is 1.94. The Morgan fingerprint density at radius 3 is 2.68 bits per heavy atom. The molecule has 19 heavy (non-hydrogen) atoms. The van der Waals surface area contributed by atoms with E-state index in [1.807, 2.05) is 0 Å². The van der Waals surface area contributed by atoms with Crippen molar-refractivity contribution in [3.05, 3.63) is 29.3 Å². The molecule has 0 spiro atoms. The van der Waals surface area contributed by atoms with Gasteiger partial charge in [0, 0.05) is 25.2 Å². The minimum atomic E-state index is 0.529. The molecule has 1 saturated carbocycles. The van der Waals surface area contributed by atoms with Crippen LogP contribution in [-0.2, 0) is 13.1 Å². The van der Waals surface area contributed by atoms with Gasteiger partial charge in [0.1, 0.15) is 5.75 Å². The van der Waals surface area contributed by atoms with Gasteiger partial charge in [0.05, 0.1) is 7.11 Å². The van der Waals surface area contributed by atoms with Gasteiger partial charge in [-0.05, 0) is 37.4 Å². The molecule has 2 N–H and O–H groups in total. The molecule has 2 rings (SSSR count). The van der Waals surface area contributed by atoms with Gasteiger partial charge in [-0.1, -0.05) is 25.0 Å². The molecule has 0 amide bonds. The fourth-order valence-corrected chi connectivity index (χ4v) is 3.07. The van der Waals surface area contributed by atoms with Crippen molar-refractivity contribution in [1.82, 2.24) is 4.90 Å². The molecule has 3 nitrogen and oxygen atoms in total. The predicted molar refractivity (Wildman–Crippen MR) is 79.2 cm³/mol. The van der Waals surface area contributed by atoms with Crippen LogP contribution < -0.4 is 10.5 Å². The molecule has 1 aliphatic carbocycles. The van der Waals surface area contributed by atoms with E-state index < -0.39 is 0 Å². The summed E-state index contributed by atoms with van der Waals surface area (Å²) in [5, 5.41) is 0. The van der Waals surface area contributed by atoms with E-state index in [-0.39, 0.29) is 0 Å². The zero-order valence-electron chi connectivity index (χ0n) is 12.2. The van der Waals surface area contributed by atoms with E-state index in [0.29, 0.717) is 6.54 Å². The highest BCUT2D eigenvalue weighted by atomic mass is 16.5. The van der Waals surface area contributed by atoms with Gasteiger partial charge in [0.2, 0.25) is 0 Å². The van der Waals surface area contributed by atoms with Gasteiger partial charge in [-0.2, -0.15) is 0 Å². The molecule has 1 aromatic rings. The van der Waals surface area contributed by atoms with E-state index in [1.165, 1.54) is 37.8 Å². The molecule has 1 aromatic carbocycles. The SMILES string of the molecule is COc1cc(CN(C)CC2CCCC2)ccc1CN. The predicted octanol–water partition coefficient (Wildman–Crippen LogP) is 2.78. The zero-order valence-corrected chi connectivity index (χ0v) is 12.2. The molecule has 0 aromatic heterocycles. The molecule has 0 bridgehead atoms. The number of rotatable bonds is 6. The van der Waals surface area contributed by atoms with Gasteiger partial charge in [0.15, 0.2) is 0 Å². The van der Waals surface area contributed by atoms with Gasteiger partial charge in [-0.25, -0.2) is 0 Å². The first-order valence-electron chi connectivity index (χ1n) is 7.27. The summed E-state index contributed by atoms with van der Waals surface area (Å²) in [5.74, 6) is 1.81. The Morgan fingerprint density at radius 2 is 2.05 bits per heavy atom.